The summed E-state index contributed by atoms with van der Waals surface area (Å²) in [6.45, 7) is 4.85. The van der Waals surface area contributed by atoms with Crippen LogP contribution in [0.1, 0.15) is 19.4 Å². The standard InChI is InChI=1S/C13H18BrN3O3S/c1-8(2)15-3-4-16-21(19,20)12-5-9-6-13(18)17-11(9)7-10(12)14/h5,7-8,15-16H,3-4,6H2,1-2H3,(H,17,18). The summed E-state index contributed by atoms with van der Waals surface area (Å²) in [5.41, 5.74) is 1.36. The first-order valence-corrected chi connectivity index (χ1v) is 8.92. The highest BCUT2D eigenvalue weighted by Crippen LogP contribution is 2.32. The lowest BCUT2D eigenvalue weighted by molar-refractivity contribution is -0.115. The lowest BCUT2D eigenvalue weighted by Gasteiger charge is -2.12. The van der Waals surface area contributed by atoms with Crippen molar-refractivity contribution in [3.63, 3.8) is 0 Å². The molecule has 0 unspecified atom stereocenters. The molecular weight excluding hydrogens is 358 g/mol. The minimum Gasteiger partial charge on any atom is -0.325 e. The van der Waals surface area contributed by atoms with Crippen molar-refractivity contribution in [1.29, 1.82) is 0 Å². The molecule has 8 heteroatoms. The first kappa shape index (κ1) is 16.4. The average Bonchev–Trinajstić information content (AvgIpc) is 2.72. The summed E-state index contributed by atoms with van der Waals surface area (Å²) >= 11 is 3.25. The van der Waals surface area contributed by atoms with Gasteiger partial charge in [-0.3, -0.25) is 4.79 Å². The highest BCUT2D eigenvalue weighted by Gasteiger charge is 2.24. The Labute approximate surface area is 132 Å². The zero-order valence-corrected chi connectivity index (χ0v) is 14.3. The van der Waals surface area contributed by atoms with E-state index in [0.29, 0.717) is 34.9 Å². The van der Waals surface area contributed by atoms with Crippen molar-refractivity contribution in [3.05, 3.63) is 22.2 Å². The van der Waals surface area contributed by atoms with Gasteiger partial charge in [0.1, 0.15) is 0 Å². The van der Waals surface area contributed by atoms with Gasteiger partial charge in [0.2, 0.25) is 15.9 Å². The maximum absolute atomic E-state index is 12.3. The summed E-state index contributed by atoms with van der Waals surface area (Å²) in [6, 6.07) is 3.47. The lowest BCUT2D eigenvalue weighted by atomic mass is 10.2. The van der Waals surface area contributed by atoms with Crippen molar-refractivity contribution in [2.24, 2.45) is 0 Å². The number of carbonyl (C=O) groups excluding carboxylic acids is 1. The van der Waals surface area contributed by atoms with E-state index in [9.17, 15) is 13.2 Å². The Balaban J connectivity index is 2.13. The number of nitrogens with one attached hydrogen (secondary N) is 3. The molecule has 0 saturated heterocycles. The smallest absolute Gasteiger partial charge is 0.241 e. The normalized spacial score (nSPS) is 14.4. The van der Waals surface area contributed by atoms with Gasteiger partial charge < -0.3 is 10.6 Å². The monoisotopic (exact) mass is 375 g/mol. The van der Waals surface area contributed by atoms with Crippen molar-refractivity contribution in [2.75, 3.05) is 18.4 Å². The molecule has 1 amide bonds. The van der Waals surface area contributed by atoms with Gasteiger partial charge in [-0.25, -0.2) is 13.1 Å². The van der Waals surface area contributed by atoms with Gasteiger partial charge in [0, 0.05) is 29.3 Å². The van der Waals surface area contributed by atoms with E-state index in [1.807, 2.05) is 13.8 Å². The molecule has 21 heavy (non-hydrogen) atoms. The molecule has 0 fully saturated rings. The number of fused-ring (bicyclic) bond motifs is 1. The van der Waals surface area contributed by atoms with E-state index in [2.05, 4.69) is 31.3 Å². The number of sulfonamides is 1. The molecule has 0 atom stereocenters. The molecule has 1 aromatic rings. The topological polar surface area (TPSA) is 87.3 Å². The Hall–Kier alpha value is -0.960. The van der Waals surface area contributed by atoms with Gasteiger partial charge in [0.05, 0.1) is 11.3 Å². The SMILES string of the molecule is CC(C)NCCNS(=O)(=O)c1cc2c(cc1Br)NC(=O)C2. The third-order valence-corrected chi connectivity index (χ3v) is 5.46. The Bertz CT molecular complexity index is 659. The highest BCUT2D eigenvalue weighted by molar-refractivity contribution is 9.10. The van der Waals surface area contributed by atoms with Crippen molar-refractivity contribution in [1.82, 2.24) is 10.0 Å². The number of halogens is 1. The molecule has 0 saturated carbocycles. The largest absolute Gasteiger partial charge is 0.325 e. The Morgan fingerprint density at radius 3 is 2.71 bits per heavy atom. The fraction of sp³-hybridized carbons (Fsp3) is 0.462. The van der Waals surface area contributed by atoms with Crippen LogP contribution in [0.5, 0.6) is 0 Å². The quantitative estimate of drug-likeness (QED) is 0.652. The molecule has 116 valence electrons. The van der Waals surface area contributed by atoms with Crippen LogP contribution in [0.2, 0.25) is 0 Å². The summed E-state index contributed by atoms with van der Waals surface area (Å²) in [7, 11) is -3.60. The van der Waals surface area contributed by atoms with E-state index < -0.39 is 10.0 Å². The second-order valence-electron chi connectivity index (χ2n) is 5.17. The van der Waals surface area contributed by atoms with Crippen LogP contribution in [0.15, 0.2) is 21.5 Å². The van der Waals surface area contributed by atoms with Crippen LogP contribution in [-0.2, 0) is 21.2 Å². The van der Waals surface area contributed by atoms with Gasteiger partial charge in [-0.15, -0.1) is 0 Å². The molecule has 0 radical (unpaired) electrons. The van der Waals surface area contributed by atoms with E-state index >= 15 is 0 Å². The van der Waals surface area contributed by atoms with Gasteiger partial charge in [0.25, 0.3) is 0 Å². The van der Waals surface area contributed by atoms with Crippen LogP contribution < -0.4 is 15.4 Å². The lowest BCUT2D eigenvalue weighted by Crippen LogP contribution is -2.34. The number of rotatable bonds is 6. The average molecular weight is 376 g/mol. The summed E-state index contributed by atoms with van der Waals surface area (Å²) in [6.07, 6.45) is 0.208. The molecule has 1 aromatic carbocycles. The molecule has 6 nitrogen and oxygen atoms in total. The van der Waals surface area contributed by atoms with Crippen LogP contribution >= 0.6 is 15.9 Å². The molecule has 2 rings (SSSR count). The minimum absolute atomic E-state index is 0.124. The van der Waals surface area contributed by atoms with E-state index in [1.165, 1.54) is 6.07 Å². The molecule has 1 aliphatic heterocycles. The number of anilines is 1. The van der Waals surface area contributed by atoms with Crippen molar-refractivity contribution in [2.45, 2.75) is 31.2 Å². The zero-order chi connectivity index (χ0) is 15.6. The maximum atomic E-state index is 12.3. The molecular formula is C13H18BrN3O3S. The fourth-order valence-corrected chi connectivity index (χ4v) is 4.18. The third kappa shape index (κ3) is 4.03. The maximum Gasteiger partial charge on any atom is 0.241 e. The first-order valence-electron chi connectivity index (χ1n) is 6.65. The number of benzene rings is 1. The molecule has 0 bridgehead atoms. The van der Waals surface area contributed by atoms with Gasteiger partial charge in [-0.1, -0.05) is 13.8 Å². The van der Waals surface area contributed by atoms with Gasteiger partial charge in [0.15, 0.2) is 0 Å². The summed E-state index contributed by atoms with van der Waals surface area (Å²) in [4.78, 5) is 11.5. The van der Waals surface area contributed by atoms with E-state index in [0.717, 1.165) is 0 Å². The van der Waals surface area contributed by atoms with Crippen LogP contribution in [0.3, 0.4) is 0 Å². The highest BCUT2D eigenvalue weighted by atomic mass is 79.9. The van der Waals surface area contributed by atoms with Crippen LogP contribution in [0.25, 0.3) is 0 Å². The summed E-state index contributed by atoms with van der Waals surface area (Å²) < 4.78 is 27.6. The number of amides is 1. The van der Waals surface area contributed by atoms with E-state index in [4.69, 9.17) is 0 Å². The molecule has 1 heterocycles. The van der Waals surface area contributed by atoms with E-state index in [1.54, 1.807) is 6.07 Å². The second kappa shape index (κ2) is 6.43. The number of hydrogen-bond acceptors (Lipinski definition) is 4. The molecule has 0 aromatic heterocycles. The fourth-order valence-electron chi connectivity index (χ4n) is 2.06. The molecule has 0 aliphatic carbocycles. The van der Waals surface area contributed by atoms with Crippen molar-refractivity contribution in [3.8, 4) is 0 Å². The number of hydrogen-bond donors (Lipinski definition) is 3. The van der Waals surface area contributed by atoms with Crippen LogP contribution in [0, 0.1) is 0 Å². The first-order chi connectivity index (χ1) is 9.79. The van der Waals surface area contributed by atoms with Gasteiger partial charge in [-0.05, 0) is 33.6 Å². The number of carbonyl (C=O) groups is 1. The predicted octanol–water partition coefficient (Wildman–Crippen LogP) is 1.22. The molecule has 0 spiro atoms. The minimum atomic E-state index is -3.60. The summed E-state index contributed by atoms with van der Waals surface area (Å²) in [5, 5.41) is 5.83. The second-order valence-corrected chi connectivity index (χ2v) is 7.76. The van der Waals surface area contributed by atoms with Gasteiger partial charge >= 0.3 is 0 Å². The molecule has 1 aliphatic rings. The predicted molar refractivity (Wildman–Crippen MR) is 84.8 cm³/mol. The Kier molecular flexibility index (Phi) is 5.03. The third-order valence-electron chi connectivity index (χ3n) is 3.04. The van der Waals surface area contributed by atoms with Crippen LogP contribution in [0.4, 0.5) is 5.69 Å². The van der Waals surface area contributed by atoms with Crippen molar-refractivity contribution >= 4 is 37.5 Å². The van der Waals surface area contributed by atoms with Gasteiger partial charge in [-0.2, -0.15) is 0 Å². The van der Waals surface area contributed by atoms with Crippen LogP contribution in [-0.4, -0.2) is 33.5 Å². The Morgan fingerprint density at radius 1 is 1.33 bits per heavy atom. The zero-order valence-electron chi connectivity index (χ0n) is 11.9. The van der Waals surface area contributed by atoms with Crippen molar-refractivity contribution < 1.29 is 13.2 Å². The summed E-state index contributed by atoms with van der Waals surface area (Å²) in [5.74, 6) is -0.124. The Morgan fingerprint density at radius 2 is 2.05 bits per heavy atom. The van der Waals surface area contributed by atoms with E-state index in [-0.39, 0.29) is 17.2 Å². The molecule has 3 N–H and O–H groups in total.